The third-order valence-electron chi connectivity index (χ3n) is 5.17. The molecular weight excluding hydrogens is 393 g/mol. The van der Waals surface area contributed by atoms with E-state index in [4.69, 9.17) is 9.47 Å². The van der Waals surface area contributed by atoms with Crippen LogP contribution in [0.5, 0.6) is 11.8 Å². The fourth-order valence-electron chi connectivity index (χ4n) is 3.55. The van der Waals surface area contributed by atoms with Crippen molar-refractivity contribution in [2.45, 2.75) is 12.5 Å². The number of anilines is 1. The molecule has 0 aliphatic carbocycles. The van der Waals surface area contributed by atoms with E-state index in [-0.39, 0.29) is 30.4 Å². The first-order valence-corrected chi connectivity index (χ1v) is 9.67. The molecule has 1 unspecified atom stereocenters. The van der Waals surface area contributed by atoms with Gasteiger partial charge in [0.1, 0.15) is 18.5 Å². The van der Waals surface area contributed by atoms with E-state index in [0.717, 1.165) is 0 Å². The average molecular weight is 415 g/mol. The number of halogens is 1. The van der Waals surface area contributed by atoms with Gasteiger partial charge in [-0.3, -0.25) is 9.69 Å². The molecule has 158 valence electrons. The van der Waals surface area contributed by atoms with Crippen LogP contribution in [0.4, 0.5) is 14.9 Å². The Labute approximate surface area is 173 Å². The van der Waals surface area contributed by atoms with Crippen molar-refractivity contribution in [2.24, 2.45) is 0 Å². The highest BCUT2D eigenvalue weighted by molar-refractivity contribution is 5.96. The fraction of sp³-hybridized carbons (Fsp3) is 0.400. The molecule has 3 heterocycles. The second-order valence-electron chi connectivity index (χ2n) is 7.11. The van der Waals surface area contributed by atoms with Gasteiger partial charge in [-0.1, -0.05) is 0 Å². The Bertz CT molecular complexity index is 908. The number of urea groups is 1. The molecule has 0 bridgehead atoms. The van der Waals surface area contributed by atoms with Crippen LogP contribution < -0.4 is 14.4 Å². The number of rotatable bonds is 6. The summed E-state index contributed by atoms with van der Waals surface area (Å²) in [5.74, 6) is 0.287. The van der Waals surface area contributed by atoms with E-state index in [2.05, 4.69) is 10.2 Å². The molecule has 10 heteroatoms. The quantitative estimate of drug-likeness (QED) is 0.711. The number of methoxy groups -OCH3 is 1. The Kier molecular flexibility index (Phi) is 5.64. The van der Waals surface area contributed by atoms with Crippen molar-refractivity contribution >= 4 is 17.6 Å². The molecule has 0 N–H and O–H groups in total. The molecule has 4 rings (SSSR count). The molecule has 2 aliphatic rings. The molecule has 1 aromatic heterocycles. The van der Waals surface area contributed by atoms with Crippen molar-refractivity contribution in [3.63, 3.8) is 0 Å². The van der Waals surface area contributed by atoms with E-state index in [1.54, 1.807) is 34.1 Å². The zero-order valence-corrected chi connectivity index (χ0v) is 16.5. The van der Waals surface area contributed by atoms with Crippen LogP contribution in [0.15, 0.2) is 36.4 Å². The third kappa shape index (κ3) is 4.27. The summed E-state index contributed by atoms with van der Waals surface area (Å²) in [6, 6.07) is 8.82. The number of carbonyl (C=O) groups is 2. The summed E-state index contributed by atoms with van der Waals surface area (Å²) < 4.78 is 23.9. The molecule has 9 nitrogen and oxygen atoms in total. The van der Waals surface area contributed by atoms with Gasteiger partial charge in [-0.15, -0.1) is 10.2 Å². The number of hydrogen-bond acceptors (Lipinski definition) is 6. The molecule has 0 spiro atoms. The lowest BCUT2D eigenvalue weighted by Crippen LogP contribution is -2.42. The number of amides is 3. The number of benzene rings is 1. The lowest BCUT2D eigenvalue weighted by Gasteiger charge is -2.22. The highest BCUT2D eigenvalue weighted by Gasteiger charge is 2.34. The van der Waals surface area contributed by atoms with Crippen LogP contribution in [-0.2, 0) is 4.79 Å². The van der Waals surface area contributed by atoms with Crippen molar-refractivity contribution in [1.29, 1.82) is 0 Å². The van der Waals surface area contributed by atoms with Gasteiger partial charge in [0.15, 0.2) is 0 Å². The van der Waals surface area contributed by atoms with Gasteiger partial charge in [0.05, 0.1) is 13.7 Å². The first-order chi connectivity index (χ1) is 14.5. The number of likely N-dealkylation sites (tertiary alicyclic amines) is 1. The van der Waals surface area contributed by atoms with E-state index < -0.39 is 0 Å². The number of carbonyl (C=O) groups excluding carboxylic acids is 2. The molecule has 30 heavy (non-hydrogen) atoms. The second-order valence-corrected chi connectivity index (χ2v) is 7.11. The monoisotopic (exact) mass is 415 g/mol. The average Bonchev–Trinajstić information content (AvgIpc) is 3.37. The molecule has 1 atom stereocenters. The maximum atomic E-state index is 13.1. The lowest BCUT2D eigenvalue weighted by atomic mass is 10.3. The largest absolute Gasteiger partial charge is 0.480 e. The molecule has 2 saturated heterocycles. The first kappa shape index (κ1) is 19.9. The topological polar surface area (TPSA) is 88.1 Å². The zero-order chi connectivity index (χ0) is 21.1. The summed E-state index contributed by atoms with van der Waals surface area (Å²) in [4.78, 5) is 30.1. The van der Waals surface area contributed by atoms with Crippen molar-refractivity contribution < 1.29 is 23.5 Å². The predicted octanol–water partition coefficient (Wildman–Crippen LogP) is 1.55. The van der Waals surface area contributed by atoms with Crippen LogP contribution in [0, 0.1) is 5.82 Å². The van der Waals surface area contributed by atoms with Crippen LogP contribution in [0.3, 0.4) is 0 Å². The van der Waals surface area contributed by atoms with Gasteiger partial charge in [-0.05, 0) is 24.3 Å². The molecule has 1 aromatic carbocycles. The minimum atomic E-state index is -0.358. The highest BCUT2D eigenvalue weighted by Crippen LogP contribution is 2.22. The molecule has 2 fully saturated rings. The Morgan fingerprint density at radius 3 is 2.53 bits per heavy atom. The van der Waals surface area contributed by atoms with Crippen LogP contribution >= 0.6 is 0 Å². The Balaban J connectivity index is 1.29. The van der Waals surface area contributed by atoms with E-state index in [1.807, 2.05) is 0 Å². The summed E-state index contributed by atoms with van der Waals surface area (Å²) in [5.41, 5.74) is 0.617. The lowest BCUT2D eigenvalue weighted by molar-refractivity contribution is -0.130. The number of hydrogen-bond donors (Lipinski definition) is 0. The summed E-state index contributed by atoms with van der Waals surface area (Å²) in [7, 11) is 1.51. The summed E-state index contributed by atoms with van der Waals surface area (Å²) >= 11 is 0. The normalized spacial score (nSPS) is 18.8. The highest BCUT2D eigenvalue weighted by atomic mass is 19.1. The van der Waals surface area contributed by atoms with Crippen molar-refractivity contribution in [1.82, 2.24) is 20.0 Å². The minimum Gasteiger partial charge on any atom is -0.480 e. The van der Waals surface area contributed by atoms with E-state index in [9.17, 15) is 14.0 Å². The Morgan fingerprint density at radius 2 is 1.83 bits per heavy atom. The van der Waals surface area contributed by atoms with Crippen molar-refractivity contribution in [3.8, 4) is 11.8 Å². The summed E-state index contributed by atoms with van der Waals surface area (Å²) in [6.07, 6.45) is 0.497. The number of aromatic nitrogens is 2. The van der Waals surface area contributed by atoms with Crippen LogP contribution in [-0.4, -0.2) is 77.9 Å². The fourth-order valence-corrected chi connectivity index (χ4v) is 3.55. The number of ether oxygens (including phenoxy) is 2. The maximum Gasteiger partial charge on any atom is 0.325 e. The second kappa shape index (κ2) is 8.52. The molecular formula is C20H22FN5O4. The molecule has 3 amide bonds. The third-order valence-corrected chi connectivity index (χ3v) is 5.17. The van der Waals surface area contributed by atoms with Gasteiger partial charge in [0.25, 0.3) is 0 Å². The van der Waals surface area contributed by atoms with Gasteiger partial charge in [-0.2, -0.15) is 0 Å². The maximum absolute atomic E-state index is 13.1. The molecule has 2 aliphatic heterocycles. The standard InChI is InChI=1S/C20H22FN5O4/c1-29-17-6-7-18(23-22-17)30-16-8-9-24(12-16)19(27)13-25-10-11-26(20(25)28)15-4-2-14(21)3-5-15/h2-7,16H,8-13H2,1H3. The van der Waals surface area contributed by atoms with E-state index >= 15 is 0 Å². The summed E-state index contributed by atoms with van der Waals surface area (Å²) in [5, 5.41) is 7.80. The van der Waals surface area contributed by atoms with Crippen LogP contribution in [0.2, 0.25) is 0 Å². The smallest absolute Gasteiger partial charge is 0.325 e. The molecule has 0 saturated carbocycles. The van der Waals surface area contributed by atoms with Gasteiger partial charge in [0, 0.05) is 43.9 Å². The predicted molar refractivity (Wildman–Crippen MR) is 105 cm³/mol. The minimum absolute atomic E-state index is 0.00555. The van der Waals surface area contributed by atoms with Gasteiger partial charge >= 0.3 is 6.03 Å². The molecule has 0 radical (unpaired) electrons. The van der Waals surface area contributed by atoms with Crippen LogP contribution in [0.1, 0.15) is 6.42 Å². The van der Waals surface area contributed by atoms with Crippen LogP contribution in [0.25, 0.3) is 0 Å². The zero-order valence-electron chi connectivity index (χ0n) is 16.5. The first-order valence-electron chi connectivity index (χ1n) is 9.67. The van der Waals surface area contributed by atoms with Crippen molar-refractivity contribution in [3.05, 3.63) is 42.2 Å². The Hall–Kier alpha value is -3.43. The molecule has 2 aromatic rings. The van der Waals surface area contributed by atoms with E-state index in [1.165, 1.54) is 24.1 Å². The van der Waals surface area contributed by atoms with Gasteiger partial charge in [0.2, 0.25) is 17.7 Å². The summed E-state index contributed by atoms with van der Waals surface area (Å²) in [6.45, 7) is 1.88. The SMILES string of the molecule is COc1ccc(OC2CCN(C(=O)CN3CCN(c4ccc(F)cc4)C3=O)C2)nn1. The van der Waals surface area contributed by atoms with E-state index in [0.29, 0.717) is 50.0 Å². The number of nitrogens with zero attached hydrogens (tertiary/aromatic N) is 5. The van der Waals surface area contributed by atoms with Gasteiger partial charge < -0.3 is 19.3 Å². The Morgan fingerprint density at radius 1 is 1.10 bits per heavy atom. The van der Waals surface area contributed by atoms with Crippen molar-refractivity contribution in [2.75, 3.05) is 44.7 Å². The van der Waals surface area contributed by atoms with Gasteiger partial charge in [-0.25, -0.2) is 9.18 Å².